The maximum atomic E-state index is 10.0. The zero-order valence-electron chi connectivity index (χ0n) is 6.90. The summed E-state index contributed by atoms with van der Waals surface area (Å²) in [4.78, 5) is 10.0. The van der Waals surface area contributed by atoms with E-state index in [4.69, 9.17) is 4.74 Å². The van der Waals surface area contributed by atoms with E-state index in [0.717, 1.165) is 5.56 Å². The number of hydrogen-bond donors (Lipinski definition) is 0. The molecule has 13 heavy (non-hydrogen) atoms. The number of carbonyl (C=O) groups excluding carboxylic acids is 1. The van der Waals surface area contributed by atoms with Crippen molar-refractivity contribution in [1.82, 2.24) is 0 Å². The van der Waals surface area contributed by atoms with Crippen LogP contribution in [0.2, 0.25) is 0 Å². The molecule has 0 amide bonds. The van der Waals surface area contributed by atoms with Gasteiger partial charge in [0.15, 0.2) is 0 Å². The molecule has 0 unspecified atom stereocenters. The summed E-state index contributed by atoms with van der Waals surface area (Å²) in [6.45, 7) is 0.842. The molecule has 66 valence electrons. The highest BCUT2D eigenvalue weighted by molar-refractivity contribution is 7.07. The molecular weight excluding hydrogens is 184 g/mol. The minimum Gasteiger partial charge on any atom is -0.463 e. The van der Waals surface area contributed by atoms with Crippen LogP contribution in [0, 0.1) is 0 Å². The molecule has 1 aliphatic heterocycles. The maximum absolute atomic E-state index is 10.0. The van der Waals surface area contributed by atoms with E-state index in [2.05, 4.69) is 11.4 Å². The first-order valence-corrected chi connectivity index (χ1v) is 4.85. The summed E-state index contributed by atoms with van der Waals surface area (Å²) < 4.78 is 4.71. The predicted molar refractivity (Wildman–Crippen MR) is 51.8 cm³/mol. The second kappa shape index (κ2) is 3.58. The Labute approximate surface area is 80.1 Å². The van der Waals surface area contributed by atoms with Gasteiger partial charge in [-0.15, -0.1) is 0 Å². The first kappa shape index (κ1) is 8.26. The van der Waals surface area contributed by atoms with Gasteiger partial charge < -0.3 is 4.74 Å². The Bertz CT molecular complexity index is 381. The number of fused-ring (bicyclic) bond motifs is 1. The molecule has 1 heterocycles. The van der Waals surface area contributed by atoms with E-state index in [0.29, 0.717) is 13.1 Å². The second-order valence-electron chi connectivity index (χ2n) is 2.69. The van der Waals surface area contributed by atoms with Gasteiger partial charge in [-0.25, -0.2) is 0 Å². The molecule has 0 fully saturated rings. The van der Waals surface area contributed by atoms with Crippen LogP contribution >= 0.6 is 11.3 Å². The minimum absolute atomic E-state index is 0.365. The van der Waals surface area contributed by atoms with Crippen LogP contribution in [0.4, 0.5) is 0 Å². The molecule has 0 aromatic heterocycles. The van der Waals surface area contributed by atoms with Crippen molar-refractivity contribution < 1.29 is 9.53 Å². The number of hydrogen-bond acceptors (Lipinski definition) is 3. The molecule has 2 nitrogen and oxygen atoms in total. The summed E-state index contributed by atoms with van der Waals surface area (Å²) in [5.41, 5.74) is 3.44. The number of carbonyl (C=O) groups is 1. The van der Waals surface area contributed by atoms with Crippen molar-refractivity contribution in [2.24, 2.45) is 0 Å². The third-order valence-electron chi connectivity index (χ3n) is 1.94. The van der Waals surface area contributed by atoms with Gasteiger partial charge in [0.2, 0.25) is 0 Å². The summed E-state index contributed by atoms with van der Waals surface area (Å²) in [6, 6.07) is 6.08. The van der Waals surface area contributed by atoms with Crippen molar-refractivity contribution >= 4 is 17.8 Å². The molecule has 0 aromatic carbocycles. The van der Waals surface area contributed by atoms with Crippen LogP contribution in [0.3, 0.4) is 0 Å². The average Bonchev–Trinajstić information content (AvgIpc) is 2.58. The molecule has 2 aliphatic rings. The normalized spacial score (nSPS) is 10.2. The average molecular weight is 192 g/mol. The Morgan fingerprint density at radius 1 is 1.38 bits per heavy atom. The minimum atomic E-state index is 0.365. The van der Waals surface area contributed by atoms with Gasteiger partial charge in [0.05, 0.1) is 0 Å². The van der Waals surface area contributed by atoms with E-state index in [-0.39, 0.29) is 0 Å². The van der Waals surface area contributed by atoms with E-state index in [1.807, 2.05) is 17.5 Å². The van der Waals surface area contributed by atoms with Gasteiger partial charge in [0.25, 0.3) is 6.47 Å². The van der Waals surface area contributed by atoms with Gasteiger partial charge in [-0.1, -0.05) is 12.1 Å². The molecule has 0 saturated heterocycles. The van der Waals surface area contributed by atoms with Gasteiger partial charge in [-0.2, -0.15) is 11.3 Å². The molecule has 0 saturated carbocycles. The van der Waals surface area contributed by atoms with Crippen molar-refractivity contribution in [3.05, 3.63) is 34.5 Å². The number of rotatable bonds is 3. The standard InChI is InChI=1S/C10H8O2S/c11-7-12-5-9-2-1-8-3-4-13-6-10(8)9/h1-4,6-7H,5H2. The Morgan fingerprint density at radius 3 is 3.15 bits per heavy atom. The van der Waals surface area contributed by atoms with Crippen LogP contribution in [0.25, 0.3) is 11.1 Å². The number of ether oxygens (including phenoxy) is 1. The summed E-state index contributed by atoms with van der Waals surface area (Å²) >= 11 is 1.64. The molecule has 2 rings (SSSR count). The van der Waals surface area contributed by atoms with Gasteiger partial charge in [-0.3, -0.25) is 4.79 Å². The van der Waals surface area contributed by atoms with Crippen LogP contribution in [-0.2, 0) is 16.1 Å². The highest BCUT2D eigenvalue weighted by atomic mass is 32.1. The lowest BCUT2D eigenvalue weighted by Gasteiger charge is -2.01. The van der Waals surface area contributed by atoms with Crippen molar-refractivity contribution in [3.8, 4) is 11.1 Å². The van der Waals surface area contributed by atoms with Crippen LogP contribution < -0.4 is 0 Å². The lowest BCUT2D eigenvalue weighted by Crippen LogP contribution is -1.88. The zero-order chi connectivity index (χ0) is 9.10. The molecule has 0 bridgehead atoms. The highest BCUT2D eigenvalue weighted by Gasteiger charge is 2.07. The van der Waals surface area contributed by atoms with Crippen molar-refractivity contribution in [3.63, 3.8) is 0 Å². The van der Waals surface area contributed by atoms with Crippen LogP contribution in [0.5, 0.6) is 0 Å². The largest absolute Gasteiger partial charge is 0.463 e. The maximum Gasteiger partial charge on any atom is 0.293 e. The van der Waals surface area contributed by atoms with Crippen molar-refractivity contribution in [1.29, 1.82) is 0 Å². The first-order valence-electron chi connectivity index (χ1n) is 3.91. The molecule has 0 N–H and O–H groups in total. The Morgan fingerprint density at radius 2 is 2.31 bits per heavy atom. The van der Waals surface area contributed by atoms with Crippen molar-refractivity contribution in [2.45, 2.75) is 6.61 Å². The van der Waals surface area contributed by atoms with E-state index in [9.17, 15) is 4.79 Å². The molecular formula is C10H8O2S. The van der Waals surface area contributed by atoms with Crippen LogP contribution in [0.15, 0.2) is 29.0 Å². The molecule has 0 atom stereocenters. The van der Waals surface area contributed by atoms with E-state index < -0.39 is 0 Å². The monoisotopic (exact) mass is 192 g/mol. The second-order valence-corrected chi connectivity index (χ2v) is 3.47. The molecule has 1 aliphatic carbocycles. The molecule has 0 aromatic rings. The molecule has 3 heteroatoms. The zero-order valence-corrected chi connectivity index (χ0v) is 7.71. The first-order chi connectivity index (χ1) is 6.42. The van der Waals surface area contributed by atoms with Crippen LogP contribution in [-0.4, -0.2) is 6.47 Å². The third kappa shape index (κ3) is 1.55. The van der Waals surface area contributed by atoms with E-state index in [1.54, 1.807) is 11.3 Å². The smallest absolute Gasteiger partial charge is 0.293 e. The Hall–Kier alpha value is -1.35. The lowest BCUT2D eigenvalue weighted by atomic mass is 10.1. The SMILES string of the molecule is O=COCc1ccc2ccscc1-2. The fourth-order valence-electron chi connectivity index (χ4n) is 1.31. The molecule has 0 radical (unpaired) electrons. The van der Waals surface area contributed by atoms with Gasteiger partial charge in [-0.05, 0) is 33.5 Å². The molecule has 0 spiro atoms. The van der Waals surface area contributed by atoms with Crippen LogP contribution in [0.1, 0.15) is 5.56 Å². The van der Waals surface area contributed by atoms with Gasteiger partial charge >= 0.3 is 0 Å². The van der Waals surface area contributed by atoms with Gasteiger partial charge in [0.1, 0.15) is 6.61 Å². The Kier molecular flexibility index (Phi) is 2.27. The quantitative estimate of drug-likeness (QED) is 0.698. The fraction of sp³-hybridized carbons (Fsp3) is 0.100. The summed E-state index contributed by atoms with van der Waals surface area (Å²) in [5, 5.41) is 4.10. The fourth-order valence-corrected chi connectivity index (χ4v) is 2.04. The topological polar surface area (TPSA) is 26.3 Å². The predicted octanol–water partition coefficient (Wildman–Crippen LogP) is 2.53. The summed E-state index contributed by atoms with van der Waals surface area (Å²) in [6.07, 6.45) is 0. The lowest BCUT2D eigenvalue weighted by molar-refractivity contribution is -0.129. The Balaban J connectivity index is 2.32. The summed E-state index contributed by atoms with van der Waals surface area (Å²) in [7, 11) is 0. The highest BCUT2D eigenvalue weighted by Crippen LogP contribution is 2.29. The van der Waals surface area contributed by atoms with Crippen molar-refractivity contribution in [2.75, 3.05) is 0 Å². The van der Waals surface area contributed by atoms with Gasteiger partial charge in [0, 0.05) is 0 Å². The third-order valence-corrected chi connectivity index (χ3v) is 2.60. The van der Waals surface area contributed by atoms with E-state index in [1.165, 1.54) is 11.1 Å². The van der Waals surface area contributed by atoms with E-state index >= 15 is 0 Å². The summed E-state index contributed by atoms with van der Waals surface area (Å²) in [5.74, 6) is 0.